The van der Waals surface area contributed by atoms with Crippen LogP contribution in [0.1, 0.15) is 18.9 Å². The number of hydrogen-bond donors (Lipinski definition) is 2. The predicted octanol–water partition coefficient (Wildman–Crippen LogP) is 0.453. The highest BCUT2D eigenvalue weighted by molar-refractivity contribution is 5.49. The van der Waals surface area contributed by atoms with E-state index < -0.39 is 0 Å². The van der Waals surface area contributed by atoms with Gasteiger partial charge in [-0.2, -0.15) is 10.2 Å². The molecule has 0 aromatic carbocycles. The Labute approximate surface area is 118 Å². The Hall–Kier alpha value is -1.91. The third-order valence-electron chi connectivity index (χ3n) is 3.47. The van der Waals surface area contributed by atoms with Gasteiger partial charge in [-0.3, -0.25) is 4.90 Å². The summed E-state index contributed by atoms with van der Waals surface area (Å²) < 4.78 is 5.36. The van der Waals surface area contributed by atoms with Crippen LogP contribution in [0.15, 0.2) is 6.20 Å². The van der Waals surface area contributed by atoms with Crippen molar-refractivity contribution in [2.24, 2.45) is 0 Å². The fourth-order valence-electron chi connectivity index (χ4n) is 2.25. The van der Waals surface area contributed by atoms with E-state index in [0.717, 1.165) is 39.3 Å². The molecule has 7 nitrogen and oxygen atoms in total. The number of nitrogens with one attached hydrogen (secondary N) is 1. The highest BCUT2D eigenvalue weighted by atomic mass is 16.5. The summed E-state index contributed by atoms with van der Waals surface area (Å²) in [4.78, 5) is 10.6. The molecule has 0 unspecified atom stereocenters. The van der Waals surface area contributed by atoms with Crippen LogP contribution in [0.4, 0.5) is 11.8 Å². The van der Waals surface area contributed by atoms with Gasteiger partial charge in [-0.25, -0.2) is 4.98 Å². The molecule has 1 saturated heterocycles. The minimum Gasteiger partial charge on any atom is -0.382 e. The molecule has 7 heteroatoms. The van der Waals surface area contributed by atoms with E-state index in [9.17, 15) is 0 Å². The van der Waals surface area contributed by atoms with Crippen LogP contribution >= 0.6 is 0 Å². The van der Waals surface area contributed by atoms with Gasteiger partial charge in [-0.15, -0.1) is 0 Å². The number of aromatic nitrogens is 2. The van der Waals surface area contributed by atoms with Gasteiger partial charge in [-0.1, -0.05) is 6.92 Å². The zero-order valence-electron chi connectivity index (χ0n) is 11.7. The van der Waals surface area contributed by atoms with Gasteiger partial charge < -0.3 is 15.8 Å². The van der Waals surface area contributed by atoms with Gasteiger partial charge >= 0.3 is 0 Å². The van der Waals surface area contributed by atoms with E-state index in [1.165, 1.54) is 6.20 Å². The first-order valence-corrected chi connectivity index (χ1v) is 6.83. The number of nitrogens with zero attached hydrogens (tertiary/aromatic N) is 4. The minimum atomic E-state index is 0.212. The Morgan fingerprint density at radius 3 is 2.90 bits per heavy atom. The molecule has 0 aliphatic carbocycles. The molecular weight excluding hydrogens is 256 g/mol. The maximum Gasteiger partial charge on any atom is 0.224 e. The van der Waals surface area contributed by atoms with E-state index in [4.69, 9.17) is 15.7 Å². The van der Waals surface area contributed by atoms with Gasteiger partial charge in [0.15, 0.2) is 0 Å². The highest BCUT2D eigenvalue weighted by Crippen LogP contribution is 2.11. The number of hydrogen-bond acceptors (Lipinski definition) is 7. The van der Waals surface area contributed by atoms with Crippen molar-refractivity contribution < 1.29 is 4.74 Å². The Kier molecular flexibility index (Phi) is 5.09. The smallest absolute Gasteiger partial charge is 0.224 e. The van der Waals surface area contributed by atoms with Gasteiger partial charge in [0.2, 0.25) is 5.95 Å². The van der Waals surface area contributed by atoms with Crippen molar-refractivity contribution in [2.75, 3.05) is 43.9 Å². The second-order valence-electron chi connectivity index (χ2n) is 4.70. The zero-order valence-corrected chi connectivity index (χ0v) is 11.7. The maximum absolute atomic E-state index is 8.79. The normalized spacial score (nSPS) is 17.4. The van der Waals surface area contributed by atoms with Crippen LogP contribution in [0, 0.1) is 11.3 Å². The first-order chi connectivity index (χ1) is 9.74. The fourth-order valence-corrected chi connectivity index (χ4v) is 2.25. The molecule has 20 heavy (non-hydrogen) atoms. The van der Waals surface area contributed by atoms with E-state index in [1.807, 2.05) is 6.07 Å². The monoisotopic (exact) mass is 276 g/mol. The van der Waals surface area contributed by atoms with E-state index in [1.54, 1.807) is 0 Å². The summed E-state index contributed by atoms with van der Waals surface area (Å²) in [5.41, 5.74) is 5.97. The molecule has 0 radical (unpaired) electrons. The van der Waals surface area contributed by atoms with Gasteiger partial charge in [0.25, 0.3) is 0 Å². The number of ether oxygens (including phenoxy) is 1. The van der Waals surface area contributed by atoms with Crippen molar-refractivity contribution in [3.8, 4) is 6.07 Å². The number of nitriles is 1. The SMILES string of the molecule is CC[C@@H](CNc1ncc(C#N)c(N)n1)N1CCOCC1. The molecule has 1 aromatic heterocycles. The summed E-state index contributed by atoms with van der Waals surface area (Å²) in [5, 5.41) is 12.0. The lowest BCUT2D eigenvalue weighted by atomic mass is 10.2. The molecule has 3 N–H and O–H groups in total. The third kappa shape index (κ3) is 3.56. The van der Waals surface area contributed by atoms with Crippen molar-refractivity contribution >= 4 is 11.8 Å². The average Bonchev–Trinajstić information content (AvgIpc) is 2.49. The quantitative estimate of drug-likeness (QED) is 0.805. The maximum atomic E-state index is 8.79. The van der Waals surface area contributed by atoms with Crippen molar-refractivity contribution in [3.63, 3.8) is 0 Å². The molecule has 1 aromatic rings. The summed E-state index contributed by atoms with van der Waals surface area (Å²) in [5.74, 6) is 0.678. The lowest BCUT2D eigenvalue weighted by molar-refractivity contribution is 0.0184. The first kappa shape index (κ1) is 14.5. The van der Waals surface area contributed by atoms with Crippen molar-refractivity contribution in [1.29, 1.82) is 5.26 Å². The van der Waals surface area contributed by atoms with Crippen molar-refractivity contribution in [1.82, 2.24) is 14.9 Å². The Morgan fingerprint density at radius 2 is 2.30 bits per heavy atom. The largest absolute Gasteiger partial charge is 0.382 e. The van der Waals surface area contributed by atoms with Crippen LogP contribution in [-0.4, -0.2) is 53.8 Å². The predicted molar refractivity (Wildman–Crippen MR) is 76.1 cm³/mol. The molecule has 2 rings (SSSR count). The number of anilines is 2. The summed E-state index contributed by atoms with van der Waals surface area (Å²) in [6.07, 6.45) is 2.49. The van der Waals surface area contributed by atoms with Crippen LogP contribution in [0.3, 0.4) is 0 Å². The zero-order chi connectivity index (χ0) is 14.4. The minimum absolute atomic E-state index is 0.212. The standard InChI is InChI=1S/C13H20N6O/c1-2-11(19-3-5-20-6-4-19)9-17-13-16-8-10(7-14)12(15)18-13/h8,11H,2-6,9H2,1H3,(H3,15,16,17,18)/t11-/m0/s1. The Bertz CT molecular complexity index is 480. The van der Waals surface area contributed by atoms with Crippen LogP contribution in [0.5, 0.6) is 0 Å². The second-order valence-corrected chi connectivity index (χ2v) is 4.70. The van der Waals surface area contributed by atoms with Crippen molar-refractivity contribution in [2.45, 2.75) is 19.4 Å². The van der Waals surface area contributed by atoms with E-state index in [-0.39, 0.29) is 5.82 Å². The lowest BCUT2D eigenvalue weighted by Gasteiger charge is -2.34. The van der Waals surface area contributed by atoms with Crippen molar-refractivity contribution in [3.05, 3.63) is 11.8 Å². The van der Waals surface area contributed by atoms with Gasteiger partial charge in [0.1, 0.15) is 17.5 Å². The third-order valence-corrected chi connectivity index (χ3v) is 3.47. The number of rotatable bonds is 5. The highest BCUT2D eigenvalue weighted by Gasteiger charge is 2.19. The van der Waals surface area contributed by atoms with Gasteiger partial charge in [0.05, 0.1) is 19.4 Å². The topological polar surface area (TPSA) is 100 Å². The number of nitrogens with two attached hydrogens (primary N) is 1. The van der Waals surface area contributed by atoms with E-state index in [2.05, 4.69) is 27.1 Å². The van der Waals surface area contributed by atoms with Gasteiger partial charge in [0, 0.05) is 25.7 Å². The summed E-state index contributed by atoms with van der Waals surface area (Å²) in [7, 11) is 0. The molecule has 1 fully saturated rings. The molecular formula is C13H20N6O. The molecule has 0 bridgehead atoms. The molecule has 1 atom stereocenters. The summed E-state index contributed by atoms with van der Waals surface area (Å²) in [6.45, 7) is 6.40. The molecule has 1 aliphatic heterocycles. The number of morpholine rings is 1. The molecule has 1 aliphatic rings. The first-order valence-electron chi connectivity index (χ1n) is 6.83. The Balaban J connectivity index is 1.92. The van der Waals surface area contributed by atoms with Crippen LogP contribution in [-0.2, 0) is 4.74 Å². The van der Waals surface area contributed by atoms with Crippen LogP contribution in [0.2, 0.25) is 0 Å². The second kappa shape index (κ2) is 7.03. The Morgan fingerprint density at radius 1 is 1.55 bits per heavy atom. The molecule has 2 heterocycles. The summed E-state index contributed by atoms with van der Waals surface area (Å²) in [6, 6.07) is 2.37. The van der Waals surface area contributed by atoms with E-state index in [0.29, 0.717) is 17.6 Å². The van der Waals surface area contributed by atoms with Gasteiger partial charge in [-0.05, 0) is 6.42 Å². The average molecular weight is 276 g/mol. The van der Waals surface area contributed by atoms with Crippen LogP contribution < -0.4 is 11.1 Å². The van der Waals surface area contributed by atoms with E-state index >= 15 is 0 Å². The van der Waals surface area contributed by atoms with Crippen LogP contribution in [0.25, 0.3) is 0 Å². The molecule has 0 spiro atoms. The molecule has 0 saturated carbocycles. The molecule has 108 valence electrons. The summed E-state index contributed by atoms with van der Waals surface area (Å²) >= 11 is 0. The lowest BCUT2D eigenvalue weighted by Crippen LogP contribution is -2.46. The fraction of sp³-hybridized carbons (Fsp3) is 0.615. The molecule has 0 amide bonds. The number of nitrogen functional groups attached to an aromatic ring is 1.